The Morgan fingerprint density at radius 3 is 2.32 bits per heavy atom. The minimum atomic E-state index is -0.876. The fraction of sp³-hybridized carbons (Fsp3) is 0.100. The third kappa shape index (κ3) is 5.28. The lowest BCUT2D eigenvalue weighted by atomic mass is 9.95. The highest BCUT2D eigenvalue weighted by atomic mass is 35.5. The van der Waals surface area contributed by atoms with E-state index in [1.807, 2.05) is 36.4 Å². The van der Waals surface area contributed by atoms with Crippen LogP contribution in [0, 0.1) is 0 Å². The molecule has 2 heterocycles. The van der Waals surface area contributed by atoms with Gasteiger partial charge in [-0.05, 0) is 59.2 Å². The number of hydrogen-bond acceptors (Lipinski definition) is 5. The second-order valence-corrected chi connectivity index (χ2v) is 9.57. The van der Waals surface area contributed by atoms with E-state index >= 15 is 0 Å². The summed E-state index contributed by atoms with van der Waals surface area (Å²) in [4.78, 5) is 32.0. The summed E-state index contributed by atoms with van der Waals surface area (Å²) in [5.41, 5.74) is 2.65. The highest BCUT2D eigenvalue weighted by Crippen LogP contribution is 2.41. The summed E-state index contributed by atoms with van der Waals surface area (Å²) in [5, 5.41) is 11.9. The number of ketones is 1. The molecule has 1 amide bonds. The Balaban J connectivity index is 1.50. The molecule has 6 nitrogen and oxygen atoms in total. The molecule has 4 aromatic rings. The molecule has 0 bridgehead atoms. The van der Waals surface area contributed by atoms with E-state index in [2.05, 4.69) is 4.98 Å². The Morgan fingerprint density at radius 1 is 0.895 bits per heavy atom. The van der Waals surface area contributed by atoms with Crippen LogP contribution in [0.25, 0.3) is 5.76 Å². The van der Waals surface area contributed by atoms with Crippen molar-refractivity contribution in [2.75, 3.05) is 0 Å². The van der Waals surface area contributed by atoms with E-state index in [0.717, 1.165) is 11.1 Å². The SMILES string of the molecule is O=C1C(=O)N(Cc2cccnc2)C(c2ccc(Cl)c(Cl)c2)/C1=C(\O)c1ccc(OCc2ccccc2)cc1. The molecule has 190 valence electrons. The van der Waals surface area contributed by atoms with Gasteiger partial charge in [-0.15, -0.1) is 0 Å². The summed E-state index contributed by atoms with van der Waals surface area (Å²) >= 11 is 12.4. The molecule has 1 N–H and O–H groups in total. The third-order valence-electron chi connectivity index (χ3n) is 6.25. The first-order chi connectivity index (χ1) is 18.4. The molecular formula is C30H22Cl2N2O4. The molecule has 8 heteroatoms. The topological polar surface area (TPSA) is 79.7 Å². The van der Waals surface area contributed by atoms with Crippen LogP contribution in [0.2, 0.25) is 10.0 Å². The molecule has 1 fully saturated rings. The zero-order valence-electron chi connectivity index (χ0n) is 20.1. The zero-order chi connectivity index (χ0) is 26.6. The van der Waals surface area contributed by atoms with Crippen molar-refractivity contribution in [3.63, 3.8) is 0 Å². The molecule has 1 aliphatic heterocycles. The average molecular weight is 545 g/mol. The lowest BCUT2D eigenvalue weighted by Gasteiger charge is -2.25. The minimum absolute atomic E-state index is 0.0322. The number of hydrogen-bond donors (Lipinski definition) is 1. The number of amides is 1. The molecule has 1 unspecified atom stereocenters. The normalized spacial score (nSPS) is 16.6. The molecule has 1 aromatic heterocycles. The van der Waals surface area contributed by atoms with Crippen LogP contribution in [0.1, 0.15) is 28.3 Å². The Kier molecular flexibility index (Phi) is 7.45. The smallest absolute Gasteiger partial charge is 0.295 e. The number of aromatic nitrogens is 1. The predicted octanol–water partition coefficient (Wildman–Crippen LogP) is 6.59. The van der Waals surface area contributed by atoms with Gasteiger partial charge in [-0.1, -0.05) is 65.7 Å². The van der Waals surface area contributed by atoms with E-state index < -0.39 is 17.7 Å². The number of carbonyl (C=O) groups excluding carboxylic acids is 2. The second kappa shape index (κ2) is 11.1. The monoisotopic (exact) mass is 544 g/mol. The Labute approximate surface area is 229 Å². The van der Waals surface area contributed by atoms with E-state index in [-0.39, 0.29) is 22.9 Å². The maximum Gasteiger partial charge on any atom is 0.295 e. The molecule has 1 saturated heterocycles. The molecule has 1 atom stereocenters. The molecule has 3 aromatic carbocycles. The van der Waals surface area contributed by atoms with Crippen LogP contribution >= 0.6 is 23.2 Å². The first-order valence-corrected chi connectivity index (χ1v) is 12.6. The highest BCUT2D eigenvalue weighted by Gasteiger charge is 2.46. The van der Waals surface area contributed by atoms with Gasteiger partial charge in [0.2, 0.25) is 0 Å². The van der Waals surface area contributed by atoms with Crippen molar-refractivity contribution in [1.29, 1.82) is 0 Å². The van der Waals surface area contributed by atoms with Gasteiger partial charge in [0.1, 0.15) is 18.1 Å². The molecule has 0 radical (unpaired) electrons. The fourth-order valence-corrected chi connectivity index (χ4v) is 4.67. The summed E-state index contributed by atoms with van der Waals surface area (Å²) in [6, 6.07) is 24.0. The zero-order valence-corrected chi connectivity index (χ0v) is 21.6. The number of pyridine rings is 1. The van der Waals surface area contributed by atoms with Crippen LogP contribution < -0.4 is 4.74 Å². The number of carbonyl (C=O) groups is 2. The van der Waals surface area contributed by atoms with Crippen molar-refractivity contribution < 1.29 is 19.4 Å². The van der Waals surface area contributed by atoms with Crippen molar-refractivity contribution in [1.82, 2.24) is 9.88 Å². The second-order valence-electron chi connectivity index (χ2n) is 8.76. The summed E-state index contributed by atoms with van der Waals surface area (Å²) in [6.07, 6.45) is 3.25. The number of Topliss-reactive ketones (excluding diaryl/α,β-unsaturated/α-hetero) is 1. The minimum Gasteiger partial charge on any atom is -0.507 e. The number of halogens is 2. The van der Waals surface area contributed by atoms with Crippen LogP contribution in [0.15, 0.2) is 103 Å². The van der Waals surface area contributed by atoms with Gasteiger partial charge in [0.05, 0.1) is 21.7 Å². The predicted molar refractivity (Wildman–Crippen MR) is 146 cm³/mol. The fourth-order valence-electron chi connectivity index (χ4n) is 4.37. The molecule has 0 aliphatic carbocycles. The Morgan fingerprint density at radius 2 is 1.63 bits per heavy atom. The van der Waals surface area contributed by atoms with Crippen molar-refractivity contribution in [3.8, 4) is 5.75 Å². The average Bonchev–Trinajstić information content (AvgIpc) is 3.19. The number of rotatable bonds is 7. The molecule has 0 spiro atoms. The van der Waals surface area contributed by atoms with Crippen LogP contribution in [0.3, 0.4) is 0 Å². The largest absolute Gasteiger partial charge is 0.507 e. The first kappa shape index (κ1) is 25.5. The van der Waals surface area contributed by atoms with E-state index in [4.69, 9.17) is 27.9 Å². The molecule has 1 aliphatic rings. The van der Waals surface area contributed by atoms with E-state index in [1.165, 1.54) is 4.90 Å². The number of aliphatic hydroxyl groups excluding tert-OH is 1. The standard InChI is InChI=1S/C30H22Cl2N2O4/c31-24-13-10-22(15-25(24)32)27-26(29(36)30(37)34(27)17-20-7-4-14-33-16-20)28(35)21-8-11-23(12-9-21)38-18-19-5-2-1-3-6-19/h1-16,27,35H,17-18H2/b28-26+. The van der Waals surface area contributed by atoms with Gasteiger partial charge in [-0.25, -0.2) is 0 Å². The van der Waals surface area contributed by atoms with Crippen LogP contribution in [0.5, 0.6) is 5.75 Å². The Hall–Kier alpha value is -4.13. The molecular weight excluding hydrogens is 523 g/mol. The molecule has 0 saturated carbocycles. The number of nitrogens with zero attached hydrogens (tertiary/aromatic N) is 2. The van der Waals surface area contributed by atoms with Gasteiger partial charge < -0.3 is 14.7 Å². The van der Waals surface area contributed by atoms with Gasteiger partial charge >= 0.3 is 0 Å². The van der Waals surface area contributed by atoms with Crippen molar-refractivity contribution in [3.05, 3.63) is 135 Å². The first-order valence-electron chi connectivity index (χ1n) is 11.8. The maximum absolute atomic E-state index is 13.3. The number of aliphatic hydroxyl groups is 1. The summed E-state index contributed by atoms with van der Waals surface area (Å²) in [7, 11) is 0. The quantitative estimate of drug-likeness (QED) is 0.161. The molecule has 38 heavy (non-hydrogen) atoms. The van der Waals surface area contributed by atoms with E-state index in [1.54, 1.807) is 60.9 Å². The number of likely N-dealkylation sites (tertiary alicyclic amines) is 1. The number of ether oxygens (including phenoxy) is 1. The number of benzene rings is 3. The van der Waals surface area contributed by atoms with Crippen molar-refractivity contribution in [2.45, 2.75) is 19.2 Å². The van der Waals surface area contributed by atoms with Gasteiger partial charge in [0, 0.05) is 24.5 Å². The van der Waals surface area contributed by atoms with Crippen LogP contribution in [0.4, 0.5) is 0 Å². The molecule has 5 rings (SSSR count). The van der Waals surface area contributed by atoms with Crippen LogP contribution in [-0.2, 0) is 22.7 Å². The third-order valence-corrected chi connectivity index (χ3v) is 6.99. The van der Waals surface area contributed by atoms with Crippen molar-refractivity contribution in [2.24, 2.45) is 0 Å². The highest BCUT2D eigenvalue weighted by molar-refractivity contribution is 6.46. The van der Waals surface area contributed by atoms with E-state index in [9.17, 15) is 14.7 Å². The van der Waals surface area contributed by atoms with Gasteiger partial charge in [0.15, 0.2) is 0 Å². The van der Waals surface area contributed by atoms with E-state index in [0.29, 0.717) is 28.5 Å². The van der Waals surface area contributed by atoms with Crippen molar-refractivity contribution >= 4 is 40.7 Å². The van der Waals surface area contributed by atoms with Gasteiger partial charge in [0.25, 0.3) is 11.7 Å². The van der Waals surface area contributed by atoms with Gasteiger partial charge in [-0.2, -0.15) is 0 Å². The summed E-state index contributed by atoms with van der Waals surface area (Å²) in [6.45, 7) is 0.509. The lowest BCUT2D eigenvalue weighted by molar-refractivity contribution is -0.140. The Bertz CT molecular complexity index is 1510. The van der Waals surface area contributed by atoms with Gasteiger partial charge in [-0.3, -0.25) is 14.6 Å². The summed E-state index contributed by atoms with van der Waals surface area (Å²) in [5.74, 6) is -1.20. The van der Waals surface area contributed by atoms with Crippen LogP contribution in [-0.4, -0.2) is 26.7 Å². The maximum atomic E-state index is 13.3. The summed E-state index contributed by atoms with van der Waals surface area (Å²) < 4.78 is 5.83. The lowest BCUT2D eigenvalue weighted by Crippen LogP contribution is -2.29.